The van der Waals surface area contributed by atoms with E-state index in [1.165, 1.54) is 88.4 Å². The molecule has 0 N–H and O–H groups in total. The number of ether oxygens (including phenoxy) is 1. The molecule has 1 heterocycles. The Kier molecular flexibility index (Phi) is 6.59. The highest BCUT2D eigenvalue weighted by Crippen LogP contribution is 2.35. The van der Waals surface area contributed by atoms with Crippen LogP contribution in [0.4, 0.5) is 0 Å². The Morgan fingerprint density at radius 2 is 1.58 bits per heavy atom. The van der Waals surface area contributed by atoms with E-state index in [9.17, 15) is 0 Å². The molecule has 1 aliphatic carbocycles. The zero-order chi connectivity index (χ0) is 16.8. The highest BCUT2D eigenvalue weighted by Gasteiger charge is 2.23. The molecule has 2 aliphatic rings. The van der Waals surface area contributed by atoms with Gasteiger partial charge in [0.2, 0.25) is 0 Å². The van der Waals surface area contributed by atoms with Gasteiger partial charge in [-0.15, -0.1) is 0 Å². The maximum absolute atomic E-state index is 5.66. The zero-order valence-corrected chi connectivity index (χ0v) is 15.7. The van der Waals surface area contributed by atoms with Crippen LogP contribution in [-0.2, 0) is 0 Å². The second kappa shape index (κ2) is 8.89. The van der Waals surface area contributed by atoms with Crippen molar-refractivity contribution in [1.29, 1.82) is 0 Å². The predicted molar refractivity (Wildman–Crippen MR) is 102 cm³/mol. The Labute approximate surface area is 148 Å². The zero-order valence-electron chi connectivity index (χ0n) is 15.7. The molecule has 1 aromatic carbocycles. The number of hydrogen-bond acceptors (Lipinski definition) is 2. The van der Waals surface area contributed by atoms with Crippen LogP contribution in [0.15, 0.2) is 18.2 Å². The van der Waals surface area contributed by atoms with Gasteiger partial charge in [0.05, 0.1) is 7.11 Å². The summed E-state index contributed by atoms with van der Waals surface area (Å²) in [4.78, 5) is 2.83. The highest BCUT2D eigenvalue weighted by molar-refractivity contribution is 5.39. The minimum Gasteiger partial charge on any atom is -0.496 e. The maximum Gasteiger partial charge on any atom is 0.122 e. The lowest BCUT2D eigenvalue weighted by atomic mass is 9.88. The smallest absolute Gasteiger partial charge is 0.122 e. The largest absolute Gasteiger partial charge is 0.496 e. The fourth-order valence-corrected chi connectivity index (χ4v) is 4.80. The third kappa shape index (κ3) is 4.53. The summed E-state index contributed by atoms with van der Waals surface area (Å²) in [5.41, 5.74) is 2.80. The molecule has 1 saturated heterocycles. The van der Waals surface area contributed by atoms with Gasteiger partial charge in [0.25, 0.3) is 0 Å². The van der Waals surface area contributed by atoms with Gasteiger partial charge in [0, 0.05) is 6.04 Å². The number of hydrogen-bond donors (Lipinski definition) is 0. The Balaban J connectivity index is 1.65. The van der Waals surface area contributed by atoms with Crippen LogP contribution in [0.1, 0.15) is 81.3 Å². The Morgan fingerprint density at radius 3 is 2.38 bits per heavy atom. The van der Waals surface area contributed by atoms with Crippen LogP contribution < -0.4 is 4.74 Å². The van der Waals surface area contributed by atoms with E-state index >= 15 is 0 Å². The van der Waals surface area contributed by atoms with E-state index in [1.54, 1.807) is 0 Å². The normalized spacial score (nSPS) is 24.8. The van der Waals surface area contributed by atoms with Gasteiger partial charge in [-0.3, -0.25) is 0 Å². The van der Waals surface area contributed by atoms with Gasteiger partial charge in [-0.1, -0.05) is 43.4 Å². The maximum atomic E-state index is 5.66. The van der Waals surface area contributed by atoms with E-state index < -0.39 is 0 Å². The standard InChI is InChI=1S/C22H35NO/c1-18-13-14-22(24-2)21(17-18)19-9-6-7-15-23(16-8-10-19)20-11-4-3-5-12-20/h13-14,17,19-20H,3-12,15-16H2,1-2H3. The molecular formula is C22H35NO. The van der Waals surface area contributed by atoms with Gasteiger partial charge in [-0.25, -0.2) is 0 Å². The lowest BCUT2D eigenvalue weighted by Crippen LogP contribution is -2.38. The molecule has 0 bridgehead atoms. The van der Waals surface area contributed by atoms with Crippen molar-refractivity contribution >= 4 is 0 Å². The third-order valence-corrected chi connectivity index (χ3v) is 6.16. The van der Waals surface area contributed by atoms with Crippen molar-refractivity contribution in [3.8, 4) is 5.75 Å². The minimum atomic E-state index is 0.672. The molecule has 0 aromatic heterocycles. The van der Waals surface area contributed by atoms with Crippen LogP contribution in [0, 0.1) is 6.92 Å². The predicted octanol–water partition coefficient (Wildman–Crippen LogP) is 5.69. The molecule has 24 heavy (non-hydrogen) atoms. The van der Waals surface area contributed by atoms with Crippen LogP contribution in [0.2, 0.25) is 0 Å². The molecule has 0 amide bonds. The number of aryl methyl sites for hydroxylation is 1. The van der Waals surface area contributed by atoms with Gasteiger partial charge >= 0.3 is 0 Å². The fourth-order valence-electron chi connectivity index (χ4n) is 4.80. The molecule has 1 aromatic rings. The first-order valence-corrected chi connectivity index (χ1v) is 10.2. The lowest BCUT2D eigenvalue weighted by molar-refractivity contribution is 0.153. The summed E-state index contributed by atoms with van der Waals surface area (Å²) in [6, 6.07) is 7.57. The van der Waals surface area contributed by atoms with Crippen LogP contribution in [0.25, 0.3) is 0 Å². The van der Waals surface area contributed by atoms with Crippen molar-refractivity contribution in [3.63, 3.8) is 0 Å². The molecule has 2 heteroatoms. The first-order valence-electron chi connectivity index (χ1n) is 10.2. The Morgan fingerprint density at radius 1 is 0.875 bits per heavy atom. The quantitative estimate of drug-likeness (QED) is 0.706. The van der Waals surface area contributed by atoms with E-state index in [0.29, 0.717) is 5.92 Å². The van der Waals surface area contributed by atoms with Crippen molar-refractivity contribution in [1.82, 2.24) is 4.90 Å². The van der Waals surface area contributed by atoms with Crippen molar-refractivity contribution < 1.29 is 4.74 Å². The van der Waals surface area contributed by atoms with Crippen LogP contribution in [-0.4, -0.2) is 31.1 Å². The van der Waals surface area contributed by atoms with Crippen molar-refractivity contribution in [3.05, 3.63) is 29.3 Å². The molecule has 1 unspecified atom stereocenters. The molecule has 0 spiro atoms. The summed E-state index contributed by atoms with van der Waals surface area (Å²) in [5.74, 6) is 1.76. The summed E-state index contributed by atoms with van der Waals surface area (Å²) in [6.45, 7) is 4.82. The minimum absolute atomic E-state index is 0.672. The van der Waals surface area contributed by atoms with Crippen molar-refractivity contribution in [2.45, 2.75) is 83.1 Å². The van der Waals surface area contributed by atoms with Gasteiger partial charge < -0.3 is 9.64 Å². The fraction of sp³-hybridized carbons (Fsp3) is 0.727. The molecule has 134 valence electrons. The first kappa shape index (κ1) is 17.8. The van der Waals surface area contributed by atoms with E-state index in [2.05, 4.69) is 30.0 Å². The molecule has 1 atom stereocenters. The topological polar surface area (TPSA) is 12.5 Å². The number of methoxy groups -OCH3 is 1. The van der Waals surface area contributed by atoms with E-state index in [-0.39, 0.29) is 0 Å². The molecule has 3 rings (SSSR count). The van der Waals surface area contributed by atoms with E-state index in [4.69, 9.17) is 4.74 Å². The van der Waals surface area contributed by atoms with E-state index in [0.717, 1.165) is 11.8 Å². The lowest BCUT2D eigenvalue weighted by Gasteiger charge is -2.34. The number of benzene rings is 1. The number of rotatable bonds is 3. The monoisotopic (exact) mass is 329 g/mol. The Hall–Kier alpha value is -1.02. The van der Waals surface area contributed by atoms with Gasteiger partial charge in [0.1, 0.15) is 5.75 Å². The second-order valence-electron chi connectivity index (χ2n) is 7.91. The van der Waals surface area contributed by atoms with Crippen molar-refractivity contribution in [2.75, 3.05) is 20.2 Å². The molecule has 0 radical (unpaired) electrons. The van der Waals surface area contributed by atoms with Crippen LogP contribution >= 0.6 is 0 Å². The average molecular weight is 330 g/mol. The molecule has 2 fully saturated rings. The number of nitrogens with zero attached hydrogens (tertiary/aromatic N) is 1. The highest BCUT2D eigenvalue weighted by atomic mass is 16.5. The molecule has 1 saturated carbocycles. The van der Waals surface area contributed by atoms with Crippen LogP contribution in [0.5, 0.6) is 5.75 Å². The summed E-state index contributed by atoms with van der Waals surface area (Å²) in [6.07, 6.45) is 13.9. The SMILES string of the molecule is COc1ccc(C)cc1C1CCCCN(C2CCCCC2)CCC1. The first-order chi connectivity index (χ1) is 11.8. The van der Waals surface area contributed by atoms with E-state index in [1.807, 2.05) is 7.11 Å². The Bertz CT molecular complexity index is 507. The third-order valence-electron chi connectivity index (χ3n) is 6.16. The van der Waals surface area contributed by atoms with Gasteiger partial charge in [-0.05, 0) is 76.1 Å². The molecule has 2 nitrogen and oxygen atoms in total. The summed E-state index contributed by atoms with van der Waals surface area (Å²) in [5, 5.41) is 0. The van der Waals surface area contributed by atoms with Gasteiger partial charge in [0.15, 0.2) is 0 Å². The second-order valence-corrected chi connectivity index (χ2v) is 7.91. The summed E-state index contributed by atoms with van der Waals surface area (Å²) >= 11 is 0. The van der Waals surface area contributed by atoms with Gasteiger partial charge in [-0.2, -0.15) is 0 Å². The molecular weight excluding hydrogens is 294 g/mol. The average Bonchev–Trinajstić information content (AvgIpc) is 2.74. The van der Waals surface area contributed by atoms with Crippen LogP contribution in [0.3, 0.4) is 0 Å². The summed E-state index contributed by atoms with van der Waals surface area (Å²) < 4.78 is 5.66. The summed E-state index contributed by atoms with van der Waals surface area (Å²) in [7, 11) is 1.81. The molecule has 1 aliphatic heterocycles. The van der Waals surface area contributed by atoms with Crippen molar-refractivity contribution in [2.24, 2.45) is 0 Å².